The SMILES string of the molecule is O=C(COC(=O)c1n[nH]c(=O)c2ccccc12)Nc1cc(-c2ccccc2)nn1-c1ccccc1. The molecule has 5 aromatic rings. The van der Waals surface area contributed by atoms with Crippen LogP contribution >= 0.6 is 0 Å². The number of aromatic amines is 1. The second kappa shape index (κ2) is 9.44. The Hall–Kier alpha value is -5.05. The first-order valence-electron chi connectivity index (χ1n) is 10.8. The molecule has 2 heterocycles. The monoisotopic (exact) mass is 465 g/mol. The van der Waals surface area contributed by atoms with Crippen LogP contribution in [0.15, 0.2) is 95.8 Å². The minimum atomic E-state index is -0.825. The summed E-state index contributed by atoms with van der Waals surface area (Å²) >= 11 is 0. The molecule has 0 aliphatic carbocycles. The number of carbonyl (C=O) groups is 2. The first-order valence-corrected chi connectivity index (χ1v) is 10.8. The molecule has 9 heteroatoms. The van der Waals surface area contributed by atoms with Gasteiger partial charge in [0.15, 0.2) is 12.3 Å². The molecule has 0 saturated carbocycles. The van der Waals surface area contributed by atoms with Crippen molar-refractivity contribution in [3.05, 3.63) is 107 Å². The van der Waals surface area contributed by atoms with Crippen LogP contribution in [-0.4, -0.2) is 38.5 Å². The Balaban J connectivity index is 1.36. The van der Waals surface area contributed by atoms with Crippen LogP contribution < -0.4 is 10.9 Å². The zero-order valence-electron chi connectivity index (χ0n) is 18.3. The number of hydrogen-bond acceptors (Lipinski definition) is 6. The molecule has 0 spiro atoms. The molecule has 0 bridgehead atoms. The molecule has 0 aliphatic heterocycles. The van der Waals surface area contributed by atoms with Crippen LogP contribution in [0.3, 0.4) is 0 Å². The topological polar surface area (TPSA) is 119 Å². The summed E-state index contributed by atoms with van der Waals surface area (Å²) in [5.74, 6) is -0.957. The summed E-state index contributed by atoms with van der Waals surface area (Å²) in [4.78, 5) is 37.2. The smallest absolute Gasteiger partial charge is 0.359 e. The lowest BCUT2D eigenvalue weighted by atomic mass is 10.1. The minimum absolute atomic E-state index is 0.0753. The first kappa shape index (κ1) is 21.8. The average Bonchev–Trinajstić information content (AvgIpc) is 3.32. The molecule has 0 fully saturated rings. The van der Waals surface area contributed by atoms with Gasteiger partial charge in [0.25, 0.3) is 11.5 Å². The number of aromatic nitrogens is 4. The number of nitrogens with zero attached hydrogens (tertiary/aromatic N) is 3. The number of hydrogen-bond donors (Lipinski definition) is 2. The van der Waals surface area contributed by atoms with Gasteiger partial charge in [-0.25, -0.2) is 14.6 Å². The lowest BCUT2D eigenvalue weighted by Gasteiger charge is -2.09. The molecule has 0 radical (unpaired) electrons. The third kappa shape index (κ3) is 4.55. The van der Waals surface area contributed by atoms with Crippen LogP contribution in [0.5, 0.6) is 0 Å². The summed E-state index contributed by atoms with van der Waals surface area (Å²) in [5.41, 5.74) is 1.82. The quantitative estimate of drug-likeness (QED) is 0.370. The van der Waals surface area contributed by atoms with Gasteiger partial charge in [-0.3, -0.25) is 9.59 Å². The second-order valence-electron chi connectivity index (χ2n) is 7.60. The number of benzene rings is 3. The van der Waals surface area contributed by atoms with E-state index in [1.165, 1.54) is 0 Å². The van der Waals surface area contributed by atoms with Crippen molar-refractivity contribution in [3.63, 3.8) is 0 Å². The van der Waals surface area contributed by atoms with Gasteiger partial charge in [-0.05, 0) is 18.2 Å². The van der Waals surface area contributed by atoms with Crippen LogP contribution in [0, 0.1) is 0 Å². The molecule has 2 N–H and O–H groups in total. The van der Waals surface area contributed by atoms with Crippen LogP contribution in [0.2, 0.25) is 0 Å². The van der Waals surface area contributed by atoms with Crippen LogP contribution in [0.1, 0.15) is 10.5 Å². The van der Waals surface area contributed by atoms with Crippen molar-refractivity contribution >= 4 is 28.5 Å². The molecule has 3 aromatic carbocycles. The fourth-order valence-electron chi connectivity index (χ4n) is 3.63. The number of amides is 1. The van der Waals surface area contributed by atoms with Gasteiger partial charge in [0, 0.05) is 17.0 Å². The van der Waals surface area contributed by atoms with E-state index in [4.69, 9.17) is 4.74 Å². The summed E-state index contributed by atoms with van der Waals surface area (Å²) in [5, 5.41) is 14.1. The zero-order chi connectivity index (χ0) is 24.2. The average molecular weight is 465 g/mol. The van der Waals surface area contributed by atoms with Crippen molar-refractivity contribution < 1.29 is 14.3 Å². The minimum Gasteiger partial charge on any atom is -0.451 e. The Morgan fingerprint density at radius 1 is 0.886 bits per heavy atom. The summed E-state index contributed by atoms with van der Waals surface area (Å²) in [6, 6.07) is 27.2. The normalized spacial score (nSPS) is 10.7. The molecule has 35 heavy (non-hydrogen) atoms. The fraction of sp³-hybridized carbons (Fsp3) is 0.0385. The van der Waals surface area contributed by atoms with Crippen molar-refractivity contribution in [1.82, 2.24) is 20.0 Å². The van der Waals surface area contributed by atoms with E-state index in [0.29, 0.717) is 22.3 Å². The lowest BCUT2D eigenvalue weighted by molar-refractivity contribution is -0.119. The highest BCUT2D eigenvalue weighted by Gasteiger charge is 2.18. The van der Waals surface area contributed by atoms with Gasteiger partial charge in [-0.15, -0.1) is 0 Å². The third-order valence-electron chi connectivity index (χ3n) is 5.27. The van der Waals surface area contributed by atoms with E-state index in [1.54, 1.807) is 35.0 Å². The molecule has 9 nitrogen and oxygen atoms in total. The molecule has 0 saturated heterocycles. The van der Waals surface area contributed by atoms with Gasteiger partial charge in [0.1, 0.15) is 5.82 Å². The molecule has 5 rings (SSSR count). The van der Waals surface area contributed by atoms with E-state index >= 15 is 0 Å². The van der Waals surface area contributed by atoms with Crippen molar-refractivity contribution in [2.24, 2.45) is 0 Å². The molecule has 172 valence electrons. The summed E-state index contributed by atoms with van der Waals surface area (Å²) in [6.45, 7) is -0.547. The zero-order valence-corrected chi connectivity index (χ0v) is 18.3. The number of esters is 1. The Labute approximate surface area is 199 Å². The Morgan fingerprint density at radius 3 is 2.29 bits per heavy atom. The molecule has 0 aliphatic rings. The number of fused-ring (bicyclic) bond motifs is 1. The molecular formula is C26H19N5O4. The van der Waals surface area contributed by atoms with Gasteiger partial charge >= 0.3 is 5.97 Å². The lowest BCUT2D eigenvalue weighted by Crippen LogP contribution is -2.23. The van der Waals surface area contributed by atoms with Gasteiger partial charge in [0.05, 0.1) is 16.8 Å². The predicted molar refractivity (Wildman–Crippen MR) is 130 cm³/mol. The van der Waals surface area contributed by atoms with E-state index in [0.717, 1.165) is 11.3 Å². The van der Waals surface area contributed by atoms with Gasteiger partial charge < -0.3 is 10.1 Å². The first-order chi connectivity index (χ1) is 17.1. The number of H-pyrrole nitrogens is 1. The highest BCUT2D eigenvalue weighted by atomic mass is 16.5. The van der Waals surface area contributed by atoms with Crippen molar-refractivity contribution in [3.8, 4) is 16.9 Å². The maximum absolute atomic E-state index is 12.7. The highest BCUT2D eigenvalue weighted by Crippen LogP contribution is 2.24. The van der Waals surface area contributed by atoms with Gasteiger partial charge in [-0.2, -0.15) is 10.2 Å². The molecule has 1 amide bonds. The number of rotatable bonds is 6. The number of nitrogens with one attached hydrogen (secondary N) is 2. The second-order valence-corrected chi connectivity index (χ2v) is 7.60. The predicted octanol–water partition coefficient (Wildman–Crippen LogP) is 3.57. The van der Waals surface area contributed by atoms with E-state index in [-0.39, 0.29) is 5.69 Å². The van der Waals surface area contributed by atoms with Gasteiger partial charge in [0.2, 0.25) is 0 Å². The van der Waals surface area contributed by atoms with Crippen molar-refractivity contribution in [1.29, 1.82) is 0 Å². The Bertz CT molecular complexity index is 1580. The Kier molecular flexibility index (Phi) is 5.87. The summed E-state index contributed by atoms with van der Waals surface area (Å²) in [6.07, 6.45) is 0. The van der Waals surface area contributed by atoms with Crippen LogP contribution in [0.4, 0.5) is 5.82 Å². The van der Waals surface area contributed by atoms with Gasteiger partial charge in [-0.1, -0.05) is 66.7 Å². The number of anilines is 1. The number of carbonyl (C=O) groups excluding carboxylic acids is 2. The molecular weight excluding hydrogens is 446 g/mol. The van der Waals surface area contributed by atoms with E-state index < -0.39 is 24.0 Å². The van der Waals surface area contributed by atoms with E-state index in [9.17, 15) is 14.4 Å². The highest BCUT2D eigenvalue weighted by molar-refractivity contribution is 6.03. The number of para-hydroxylation sites is 1. The van der Waals surface area contributed by atoms with Crippen LogP contribution in [-0.2, 0) is 9.53 Å². The van der Waals surface area contributed by atoms with E-state index in [1.807, 2.05) is 60.7 Å². The summed E-state index contributed by atoms with van der Waals surface area (Å²) in [7, 11) is 0. The summed E-state index contributed by atoms with van der Waals surface area (Å²) < 4.78 is 6.79. The largest absolute Gasteiger partial charge is 0.451 e. The maximum Gasteiger partial charge on any atom is 0.359 e. The standard InChI is InChI=1S/C26H19N5O4/c32-23(16-35-26(34)24-19-13-7-8-14-20(19)25(33)29-28-24)27-22-15-21(17-9-3-1-4-10-17)30-31(22)18-11-5-2-6-12-18/h1-15H,16H2,(H,27,32)(H,29,33). The van der Waals surface area contributed by atoms with E-state index in [2.05, 4.69) is 20.6 Å². The Morgan fingerprint density at radius 2 is 1.54 bits per heavy atom. The molecule has 0 unspecified atom stereocenters. The maximum atomic E-state index is 12.7. The molecule has 0 atom stereocenters. The molecule has 2 aromatic heterocycles. The van der Waals surface area contributed by atoms with Crippen LogP contribution in [0.25, 0.3) is 27.7 Å². The fourth-order valence-corrected chi connectivity index (χ4v) is 3.63. The van der Waals surface area contributed by atoms with Crippen molar-refractivity contribution in [2.75, 3.05) is 11.9 Å². The third-order valence-corrected chi connectivity index (χ3v) is 5.27. The number of ether oxygens (including phenoxy) is 1. The van der Waals surface area contributed by atoms with Crippen molar-refractivity contribution in [2.45, 2.75) is 0 Å².